The van der Waals surface area contributed by atoms with Gasteiger partial charge >= 0.3 is 0 Å². The predicted molar refractivity (Wildman–Crippen MR) is 82.2 cm³/mol. The molecule has 2 amide bonds. The van der Waals surface area contributed by atoms with Gasteiger partial charge in [0.1, 0.15) is 10.9 Å². The lowest BCUT2D eigenvalue weighted by Crippen LogP contribution is -2.41. The highest BCUT2D eigenvalue weighted by Gasteiger charge is 2.14. The second-order valence-corrected chi connectivity index (χ2v) is 4.95. The van der Waals surface area contributed by atoms with Crippen molar-refractivity contribution in [3.05, 3.63) is 57.8 Å². The molecule has 0 bridgehead atoms. The Balaban J connectivity index is 2.05. The Kier molecular flexibility index (Phi) is 5.19. The fraction of sp³-hybridized carbons (Fsp3) is 0.0714. The third-order valence-electron chi connectivity index (χ3n) is 2.69. The summed E-state index contributed by atoms with van der Waals surface area (Å²) in [6.45, 7) is 0. The maximum absolute atomic E-state index is 12.1. The fourth-order valence-electron chi connectivity index (χ4n) is 1.62. The van der Waals surface area contributed by atoms with Crippen molar-refractivity contribution < 1.29 is 14.3 Å². The summed E-state index contributed by atoms with van der Waals surface area (Å²) in [5, 5.41) is 0.642. The number of nitrogens with zero attached hydrogens (tertiary/aromatic N) is 1. The molecule has 0 aliphatic rings. The van der Waals surface area contributed by atoms with Crippen molar-refractivity contribution >= 4 is 35.0 Å². The van der Waals surface area contributed by atoms with Crippen LogP contribution in [0.3, 0.4) is 0 Å². The predicted octanol–water partition coefficient (Wildman–Crippen LogP) is 2.47. The van der Waals surface area contributed by atoms with E-state index in [1.807, 2.05) is 0 Å². The van der Waals surface area contributed by atoms with Gasteiger partial charge in [0.05, 0.1) is 18.2 Å². The number of amides is 2. The molecule has 0 saturated heterocycles. The van der Waals surface area contributed by atoms with Gasteiger partial charge in [0.2, 0.25) is 0 Å². The van der Waals surface area contributed by atoms with Crippen LogP contribution >= 0.6 is 23.2 Å². The van der Waals surface area contributed by atoms with E-state index in [0.717, 1.165) is 0 Å². The molecule has 0 saturated carbocycles. The van der Waals surface area contributed by atoms with Crippen molar-refractivity contribution in [2.24, 2.45) is 0 Å². The van der Waals surface area contributed by atoms with E-state index in [-0.39, 0.29) is 16.3 Å². The van der Waals surface area contributed by atoms with Crippen molar-refractivity contribution in [1.82, 2.24) is 15.8 Å². The zero-order valence-corrected chi connectivity index (χ0v) is 12.9. The number of benzene rings is 1. The van der Waals surface area contributed by atoms with E-state index in [2.05, 4.69) is 15.8 Å². The first kappa shape index (κ1) is 16.1. The standard InChI is InChI=1S/C14H11Cl2N3O3/c1-22-11-4-3-9(15)6-10(11)14(21)19-18-13(20)8-2-5-12(16)17-7-8/h2-7H,1H3,(H,18,20)(H,19,21). The average molecular weight is 340 g/mol. The third-order valence-corrected chi connectivity index (χ3v) is 3.14. The van der Waals surface area contributed by atoms with Gasteiger partial charge in [-0.3, -0.25) is 20.4 Å². The van der Waals surface area contributed by atoms with Crippen LogP contribution in [0.2, 0.25) is 10.2 Å². The normalized spacial score (nSPS) is 9.95. The van der Waals surface area contributed by atoms with Crippen LogP contribution < -0.4 is 15.6 Å². The highest BCUT2D eigenvalue weighted by atomic mass is 35.5. The van der Waals surface area contributed by atoms with Crippen LogP contribution in [-0.4, -0.2) is 23.9 Å². The van der Waals surface area contributed by atoms with E-state index < -0.39 is 11.8 Å². The van der Waals surface area contributed by atoms with E-state index in [1.165, 1.54) is 31.5 Å². The maximum Gasteiger partial charge on any atom is 0.273 e. The summed E-state index contributed by atoms with van der Waals surface area (Å²) in [5.74, 6) is -0.752. The summed E-state index contributed by atoms with van der Waals surface area (Å²) in [4.78, 5) is 27.7. The molecule has 1 aromatic carbocycles. The molecule has 1 heterocycles. The van der Waals surface area contributed by atoms with Gasteiger partial charge in [-0.05, 0) is 30.3 Å². The summed E-state index contributed by atoms with van der Waals surface area (Å²) >= 11 is 11.5. The molecular formula is C14H11Cl2N3O3. The van der Waals surface area contributed by atoms with Gasteiger partial charge in [0.25, 0.3) is 11.8 Å². The molecule has 1 aromatic heterocycles. The molecule has 2 N–H and O–H groups in total. The molecule has 0 unspecified atom stereocenters. The number of carbonyl (C=O) groups excluding carboxylic acids is 2. The van der Waals surface area contributed by atoms with Gasteiger partial charge in [-0.15, -0.1) is 0 Å². The van der Waals surface area contributed by atoms with Crippen LogP contribution in [0.5, 0.6) is 5.75 Å². The van der Waals surface area contributed by atoms with E-state index >= 15 is 0 Å². The molecular weight excluding hydrogens is 329 g/mol. The Hall–Kier alpha value is -2.31. The molecule has 0 atom stereocenters. The average Bonchev–Trinajstić information content (AvgIpc) is 2.53. The molecule has 114 valence electrons. The van der Waals surface area contributed by atoms with E-state index in [9.17, 15) is 9.59 Å². The molecule has 2 rings (SSSR count). The van der Waals surface area contributed by atoms with Crippen LogP contribution in [0.25, 0.3) is 0 Å². The number of hydrazine groups is 1. The molecule has 0 aliphatic carbocycles. The number of pyridine rings is 1. The first-order valence-electron chi connectivity index (χ1n) is 6.07. The van der Waals surface area contributed by atoms with Crippen molar-refractivity contribution in [3.63, 3.8) is 0 Å². The highest BCUT2D eigenvalue weighted by molar-refractivity contribution is 6.31. The summed E-state index contributed by atoms with van der Waals surface area (Å²) < 4.78 is 5.07. The quantitative estimate of drug-likeness (QED) is 0.664. The second-order valence-electron chi connectivity index (χ2n) is 4.12. The summed E-state index contributed by atoms with van der Waals surface area (Å²) in [6, 6.07) is 7.54. The number of nitrogens with one attached hydrogen (secondary N) is 2. The maximum atomic E-state index is 12.1. The van der Waals surface area contributed by atoms with Crippen molar-refractivity contribution in [1.29, 1.82) is 0 Å². The number of aromatic nitrogens is 1. The minimum Gasteiger partial charge on any atom is -0.496 e. The lowest BCUT2D eigenvalue weighted by molar-refractivity contribution is 0.0844. The van der Waals surface area contributed by atoms with E-state index in [0.29, 0.717) is 10.8 Å². The van der Waals surface area contributed by atoms with Crippen LogP contribution in [0.15, 0.2) is 36.5 Å². The van der Waals surface area contributed by atoms with Crippen LogP contribution in [0.1, 0.15) is 20.7 Å². The van der Waals surface area contributed by atoms with Crippen LogP contribution in [-0.2, 0) is 0 Å². The smallest absolute Gasteiger partial charge is 0.273 e. The lowest BCUT2D eigenvalue weighted by Gasteiger charge is -2.10. The lowest BCUT2D eigenvalue weighted by atomic mass is 10.2. The number of hydrogen-bond acceptors (Lipinski definition) is 4. The van der Waals surface area contributed by atoms with Gasteiger partial charge < -0.3 is 4.74 Å². The number of halogens is 2. The molecule has 0 spiro atoms. The minimum atomic E-state index is -0.561. The molecule has 0 fully saturated rings. The number of methoxy groups -OCH3 is 1. The highest BCUT2D eigenvalue weighted by Crippen LogP contribution is 2.22. The Labute approximate surface area is 136 Å². The first-order chi connectivity index (χ1) is 10.5. The van der Waals surface area contributed by atoms with Gasteiger partial charge in [0, 0.05) is 11.2 Å². The van der Waals surface area contributed by atoms with Crippen LogP contribution in [0.4, 0.5) is 0 Å². The molecule has 2 aromatic rings. The van der Waals surface area contributed by atoms with Gasteiger partial charge in [-0.1, -0.05) is 23.2 Å². The Morgan fingerprint density at radius 2 is 1.82 bits per heavy atom. The first-order valence-corrected chi connectivity index (χ1v) is 6.82. The van der Waals surface area contributed by atoms with Crippen molar-refractivity contribution in [2.45, 2.75) is 0 Å². The largest absolute Gasteiger partial charge is 0.496 e. The molecule has 0 radical (unpaired) electrons. The van der Waals surface area contributed by atoms with E-state index in [1.54, 1.807) is 12.1 Å². The summed E-state index contributed by atoms with van der Waals surface area (Å²) in [5.41, 5.74) is 4.99. The van der Waals surface area contributed by atoms with Crippen molar-refractivity contribution in [2.75, 3.05) is 7.11 Å². The SMILES string of the molecule is COc1ccc(Cl)cc1C(=O)NNC(=O)c1ccc(Cl)nc1. The zero-order chi connectivity index (χ0) is 16.1. The number of ether oxygens (including phenoxy) is 1. The van der Waals surface area contributed by atoms with Crippen LogP contribution in [0, 0.1) is 0 Å². The number of rotatable bonds is 3. The Morgan fingerprint density at radius 3 is 2.45 bits per heavy atom. The number of hydrogen-bond donors (Lipinski definition) is 2. The topological polar surface area (TPSA) is 80.3 Å². The summed E-state index contributed by atoms with van der Waals surface area (Å²) in [6.07, 6.45) is 1.30. The molecule has 0 aliphatic heterocycles. The Bertz CT molecular complexity index is 705. The van der Waals surface area contributed by atoms with Gasteiger partial charge in [0.15, 0.2) is 0 Å². The molecule has 22 heavy (non-hydrogen) atoms. The van der Waals surface area contributed by atoms with E-state index in [4.69, 9.17) is 27.9 Å². The minimum absolute atomic E-state index is 0.199. The molecule has 8 heteroatoms. The van der Waals surface area contributed by atoms with Gasteiger partial charge in [-0.2, -0.15) is 0 Å². The zero-order valence-electron chi connectivity index (χ0n) is 11.4. The third kappa shape index (κ3) is 3.87. The van der Waals surface area contributed by atoms with Crippen molar-refractivity contribution in [3.8, 4) is 5.75 Å². The second kappa shape index (κ2) is 7.11. The summed E-state index contributed by atoms with van der Waals surface area (Å²) in [7, 11) is 1.43. The van der Waals surface area contributed by atoms with Gasteiger partial charge in [-0.25, -0.2) is 4.98 Å². The fourth-order valence-corrected chi connectivity index (χ4v) is 1.90. The Morgan fingerprint density at radius 1 is 1.09 bits per heavy atom. The molecule has 6 nitrogen and oxygen atoms in total. The monoisotopic (exact) mass is 339 g/mol. The number of carbonyl (C=O) groups is 2.